The summed E-state index contributed by atoms with van der Waals surface area (Å²) in [7, 11) is 0. The second-order valence-electron chi connectivity index (χ2n) is 4.48. The van der Waals surface area contributed by atoms with Gasteiger partial charge in [-0.2, -0.15) is 0 Å². The van der Waals surface area contributed by atoms with Gasteiger partial charge in [0.2, 0.25) is 0 Å². The van der Waals surface area contributed by atoms with Gasteiger partial charge >= 0.3 is 5.97 Å². The first-order valence-corrected chi connectivity index (χ1v) is 6.34. The summed E-state index contributed by atoms with van der Waals surface area (Å²) in [6.45, 7) is 1.01. The van der Waals surface area contributed by atoms with Crippen LogP contribution in [0.15, 0.2) is 18.2 Å². The number of carbonyl (C=O) groups is 1. The molecular weight excluding hydrogens is 266 g/mol. The van der Waals surface area contributed by atoms with E-state index in [-0.39, 0.29) is 18.5 Å². The Kier molecular flexibility index (Phi) is 4.52. The largest absolute Gasteiger partial charge is 0.492 e. The van der Waals surface area contributed by atoms with Gasteiger partial charge in [0, 0.05) is 19.1 Å². The summed E-state index contributed by atoms with van der Waals surface area (Å²) in [4.78, 5) is 21.3. The molecule has 1 aliphatic rings. The molecule has 0 radical (unpaired) electrons. The molecule has 7 heteroatoms. The van der Waals surface area contributed by atoms with Crippen LogP contribution in [0.1, 0.15) is 29.6 Å². The highest BCUT2D eigenvalue weighted by atomic mass is 16.6. The van der Waals surface area contributed by atoms with Gasteiger partial charge in [0.1, 0.15) is 5.75 Å². The number of ether oxygens (including phenoxy) is 2. The topological polar surface area (TPSA) is 98.9 Å². The first kappa shape index (κ1) is 14.3. The molecule has 0 spiro atoms. The zero-order chi connectivity index (χ0) is 14.5. The molecule has 1 aromatic carbocycles. The monoisotopic (exact) mass is 281 g/mol. The van der Waals surface area contributed by atoms with Gasteiger partial charge in [0.15, 0.2) is 5.56 Å². The van der Waals surface area contributed by atoms with Gasteiger partial charge in [-0.1, -0.05) is 6.07 Å². The Bertz CT molecular complexity index is 510. The SMILES string of the molecule is O=C(O)c1c(OCCC2CCCO2)cccc1[N+](=O)[O-]. The lowest BCUT2D eigenvalue weighted by molar-refractivity contribution is -0.385. The lowest BCUT2D eigenvalue weighted by atomic mass is 10.1. The molecule has 1 N–H and O–H groups in total. The molecular formula is C13H15NO6. The molecule has 1 unspecified atom stereocenters. The Morgan fingerprint density at radius 1 is 1.55 bits per heavy atom. The molecule has 1 aliphatic heterocycles. The lowest BCUT2D eigenvalue weighted by Gasteiger charge is -2.12. The van der Waals surface area contributed by atoms with Crippen molar-refractivity contribution < 1.29 is 24.3 Å². The van der Waals surface area contributed by atoms with Gasteiger partial charge in [0.05, 0.1) is 17.6 Å². The number of nitro benzene ring substituents is 1. The second-order valence-corrected chi connectivity index (χ2v) is 4.48. The van der Waals surface area contributed by atoms with E-state index in [4.69, 9.17) is 14.6 Å². The molecule has 0 bridgehead atoms. The van der Waals surface area contributed by atoms with E-state index in [1.165, 1.54) is 12.1 Å². The average Bonchev–Trinajstić information content (AvgIpc) is 2.91. The van der Waals surface area contributed by atoms with E-state index in [0.717, 1.165) is 25.5 Å². The number of rotatable bonds is 6. The highest BCUT2D eigenvalue weighted by Gasteiger charge is 2.25. The van der Waals surface area contributed by atoms with E-state index in [2.05, 4.69) is 0 Å². The molecule has 7 nitrogen and oxygen atoms in total. The standard InChI is InChI=1S/C13H15NO6/c15-13(16)12-10(14(17)18)4-1-5-11(12)20-8-6-9-3-2-7-19-9/h1,4-5,9H,2-3,6-8H2,(H,15,16). The molecule has 20 heavy (non-hydrogen) atoms. The van der Waals surface area contributed by atoms with Crippen molar-refractivity contribution in [3.8, 4) is 5.75 Å². The third-order valence-electron chi connectivity index (χ3n) is 3.14. The van der Waals surface area contributed by atoms with Crippen LogP contribution in [0.5, 0.6) is 5.75 Å². The molecule has 1 aromatic rings. The van der Waals surface area contributed by atoms with Crippen LogP contribution in [-0.4, -0.2) is 35.3 Å². The summed E-state index contributed by atoms with van der Waals surface area (Å²) < 4.78 is 10.8. The minimum Gasteiger partial charge on any atom is -0.492 e. The van der Waals surface area contributed by atoms with Gasteiger partial charge in [-0.3, -0.25) is 10.1 Å². The summed E-state index contributed by atoms with van der Waals surface area (Å²) >= 11 is 0. The van der Waals surface area contributed by atoms with Crippen molar-refractivity contribution in [3.63, 3.8) is 0 Å². The molecule has 1 fully saturated rings. The molecule has 1 saturated heterocycles. The smallest absolute Gasteiger partial charge is 0.346 e. The lowest BCUT2D eigenvalue weighted by Crippen LogP contribution is -2.13. The molecule has 108 valence electrons. The first-order valence-electron chi connectivity index (χ1n) is 6.34. The minimum absolute atomic E-state index is 0.0182. The quantitative estimate of drug-likeness (QED) is 0.634. The zero-order valence-corrected chi connectivity index (χ0v) is 10.8. The zero-order valence-electron chi connectivity index (χ0n) is 10.8. The van der Waals surface area contributed by atoms with Gasteiger partial charge in [0.25, 0.3) is 5.69 Å². The predicted octanol–water partition coefficient (Wildman–Crippen LogP) is 2.24. The van der Waals surface area contributed by atoms with E-state index in [1.54, 1.807) is 0 Å². The van der Waals surface area contributed by atoms with Crippen LogP contribution in [0, 0.1) is 10.1 Å². The third-order valence-corrected chi connectivity index (χ3v) is 3.14. The molecule has 0 amide bonds. The summed E-state index contributed by atoms with van der Waals surface area (Å²) in [6, 6.07) is 3.98. The number of benzene rings is 1. The number of hydrogen-bond donors (Lipinski definition) is 1. The molecule has 1 atom stereocenters. The maximum absolute atomic E-state index is 11.2. The van der Waals surface area contributed by atoms with E-state index in [0.29, 0.717) is 6.42 Å². The maximum Gasteiger partial charge on any atom is 0.346 e. The minimum atomic E-state index is -1.37. The Morgan fingerprint density at radius 2 is 2.35 bits per heavy atom. The Labute approximate surface area is 115 Å². The van der Waals surface area contributed by atoms with Crippen LogP contribution >= 0.6 is 0 Å². The summed E-state index contributed by atoms with van der Waals surface area (Å²) in [5.74, 6) is -1.35. The number of carboxylic acids is 1. The van der Waals surface area contributed by atoms with Gasteiger partial charge in [-0.05, 0) is 18.9 Å². The van der Waals surface area contributed by atoms with Crippen molar-refractivity contribution >= 4 is 11.7 Å². The fraction of sp³-hybridized carbons (Fsp3) is 0.462. The Balaban J connectivity index is 2.08. The summed E-state index contributed by atoms with van der Waals surface area (Å²) in [5, 5.41) is 19.9. The molecule has 0 aliphatic carbocycles. The summed E-state index contributed by atoms with van der Waals surface area (Å²) in [5.41, 5.74) is -0.878. The molecule has 1 heterocycles. The van der Waals surface area contributed by atoms with Crippen LogP contribution in [0.25, 0.3) is 0 Å². The predicted molar refractivity (Wildman–Crippen MR) is 69.1 cm³/mol. The van der Waals surface area contributed by atoms with Crippen LogP contribution in [-0.2, 0) is 4.74 Å². The fourth-order valence-electron chi connectivity index (χ4n) is 2.18. The van der Waals surface area contributed by atoms with Crippen molar-refractivity contribution in [1.82, 2.24) is 0 Å². The fourth-order valence-corrected chi connectivity index (χ4v) is 2.18. The normalized spacial score (nSPS) is 17.9. The van der Waals surface area contributed by atoms with Crippen molar-refractivity contribution in [2.24, 2.45) is 0 Å². The van der Waals surface area contributed by atoms with Crippen LogP contribution in [0.2, 0.25) is 0 Å². The number of hydrogen-bond acceptors (Lipinski definition) is 5. The third kappa shape index (κ3) is 3.24. The average molecular weight is 281 g/mol. The number of aromatic carboxylic acids is 1. The van der Waals surface area contributed by atoms with Crippen molar-refractivity contribution in [2.45, 2.75) is 25.4 Å². The number of nitro groups is 1. The van der Waals surface area contributed by atoms with Gasteiger partial charge in [-0.25, -0.2) is 4.79 Å². The first-order chi connectivity index (χ1) is 9.59. The van der Waals surface area contributed by atoms with E-state index < -0.39 is 22.1 Å². The summed E-state index contributed by atoms with van der Waals surface area (Å²) in [6.07, 6.45) is 2.75. The van der Waals surface area contributed by atoms with Crippen molar-refractivity contribution in [3.05, 3.63) is 33.9 Å². The van der Waals surface area contributed by atoms with Crippen LogP contribution < -0.4 is 4.74 Å². The Hall–Kier alpha value is -2.15. The highest BCUT2D eigenvalue weighted by molar-refractivity contribution is 5.95. The number of carboxylic acid groups (broad SMARTS) is 1. The van der Waals surface area contributed by atoms with E-state index in [1.807, 2.05) is 0 Å². The van der Waals surface area contributed by atoms with Crippen molar-refractivity contribution in [1.29, 1.82) is 0 Å². The van der Waals surface area contributed by atoms with Gasteiger partial charge in [-0.15, -0.1) is 0 Å². The van der Waals surface area contributed by atoms with Crippen LogP contribution in [0.3, 0.4) is 0 Å². The number of nitrogens with zero attached hydrogens (tertiary/aromatic N) is 1. The van der Waals surface area contributed by atoms with E-state index in [9.17, 15) is 14.9 Å². The highest BCUT2D eigenvalue weighted by Crippen LogP contribution is 2.28. The van der Waals surface area contributed by atoms with Gasteiger partial charge < -0.3 is 14.6 Å². The second kappa shape index (κ2) is 6.33. The Morgan fingerprint density at radius 3 is 2.95 bits per heavy atom. The maximum atomic E-state index is 11.2. The van der Waals surface area contributed by atoms with E-state index >= 15 is 0 Å². The molecule has 0 saturated carbocycles. The molecule has 2 rings (SSSR count). The molecule has 0 aromatic heterocycles. The van der Waals surface area contributed by atoms with Crippen LogP contribution in [0.4, 0.5) is 5.69 Å². The van der Waals surface area contributed by atoms with Crippen molar-refractivity contribution in [2.75, 3.05) is 13.2 Å².